The van der Waals surface area contributed by atoms with Crippen molar-refractivity contribution < 1.29 is 15.0 Å². The van der Waals surface area contributed by atoms with Crippen molar-refractivity contribution in [2.24, 2.45) is 5.41 Å². The van der Waals surface area contributed by atoms with Crippen LogP contribution in [0.3, 0.4) is 0 Å². The first-order valence-electron chi connectivity index (χ1n) is 6.42. The summed E-state index contributed by atoms with van der Waals surface area (Å²) in [5.74, 6) is -0.0886. The van der Waals surface area contributed by atoms with E-state index in [-0.39, 0.29) is 28.4 Å². The number of amides is 1. The second-order valence-electron chi connectivity index (χ2n) is 5.22. The Morgan fingerprint density at radius 1 is 1.32 bits per heavy atom. The van der Waals surface area contributed by atoms with E-state index in [9.17, 15) is 15.0 Å². The lowest BCUT2D eigenvalue weighted by Gasteiger charge is -2.26. The molecule has 0 saturated heterocycles. The van der Waals surface area contributed by atoms with Crippen LogP contribution < -0.4 is 5.32 Å². The van der Waals surface area contributed by atoms with E-state index in [2.05, 4.69) is 5.32 Å². The van der Waals surface area contributed by atoms with Crippen LogP contribution in [0.4, 0.5) is 0 Å². The molecule has 2 rings (SSSR count). The van der Waals surface area contributed by atoms with Gasteiger partial charge in [0.05, 0.1) is 5.56 Å². The second-order valence-corrected chi connectivity index (χ2v) is 5.49. The molecule has 0 atom stereocenters. The van der Waals surface area contributed by atoms with Gasteiger partial charge in [0.25, 0.3) is 5.91 Å². The van der Waals surface area contributed by atoms with E-state index in [0.717, 1.165) is 31.7 Å². The maximum Gasteiger partial charge on any atom is 0.255 e. The molecule has 0 heterocycles. The highest BCUT2D eigenvalue weighted by Gasteiger charge is 2.33. The monoisotopic (exact) mass is 283 g/mol. The topological polar surface area (TPSA) is 69.6 Å². The summed E-state index contributed by atoms with van der Waals surface area (Å²) in [6.07, 6.45) is 4.34. The smallest absolute Gasteiger partial charge is 0.255 e. The third-order valence-electron chi connectivity index (χ3n) is 3.80. The minimum atomic E-state index is -0.339. The molecule has 1 aliphatic carbocycles. The van der Waals surface area contributed by atoms with E-state index in [1.54, 1.807) is 0 Å². The van der Waals surface area contributed by atoms with Crippen LogP contribution in [-0.2, 0) is 0 Å². The molecular formula is C14H18ClNO3. The Morgan fingerprint density at radius 2 is 2.00 bits per heavy atom. The van der Waals surface area contributed by atoms with Crippen molar-refractivity contribution in [1.29, 1.82) is 0 Å². The van der Waals surface area contributed by atoms with Gasteiger partial charge in [0.1, 0.15) is 11.5 Å². The lowest BCUT2D eigenvalue weighted by atomic mass is 9.88. The van der Waals surface area contributed by atoms with Crippen LogP contribution in [0.2, 0.25) is 0 Å². The third kappa shape index (κ3) is 3.13. The van der Waals surface area contributed by atoms with Crippen LogP contribution >= 0.6 is 11.6 Å². The van der Waals surface area contributed by atoms with Crippen molar-refractivity contribution in [1.82, 2.24) is 5.32 Å². The molecule has 4 nitrogen and oxygen atoms in total. The van der Waals surface area contributed by atoms with Gasteiger partial charge in [-0.05, 0) is 25.0 Å². The zero-order valence-corrected chi connectivity index (χ0v) is 11.4. The Morgan fingerprint density at radius 3 is 2.58 bits per heavy atom. The van der Waals surface area contributed by atoms with Crippen molar-refractivity contribution in [3.8, 4) is 11.5 Å². The van der Waals surface area contributed by atoms with Gasteiger partial charge < -0.3 is 15.5 Å². The van der Waals surface area contributed by atoms with E-state index >= 15 is 0 Å². The second kappa shape index (κ2) is 5.70. The maximum absolute atomic E-state index is 12.0. The highest BCUT2D eigenvalue weighted by atomic mass is 35.5. The Kier molecular flexibility index (Phi) is 4.20. The largest absolute Gasteiger partial charge is 0.508 e. The fourth-order valence-electron chi connectivity index (χ4n) is 2.56. The average Bonchev–Trinajstić information content (AvgIpc) is 2.85. The zero-order chi connectivity index (χ0) is 13.9. The number of aromatic hydroxyl groups is 2. The Labute approximate surface area is 117 Å². The minimum Gasteiger partial charge on any atom is -0.508 e. The fourth-order valence-corrected chi connectivity index (χ4v) is 2.92. The lowest BCUT2D eigenvalue weighted by Crippen LogP contribution is -2.37. The van der Waals surface area contributed by atoms with Crippen LogP contribution in [0.25, 0.3) is 0 Å². The quantitative estimate of drug-likeness (QED) is 0.744. The molecule has 1 aromatic carbocycles. The van der Waals surface area contributed by atoms with Gasteiger partial charge in [0.2, 0.25) is 0 Å². The van der Waals surface area contributed by atoms with E-state index in [0.29, 0.717) is 12.4 Å². The highest BCUT2D eigenvalue weighted by Crippen LogP contribution is 2.38. The van der Waals surface area contributed by atoms with Crippen molar-refractivity contribution in [3.05, 3.63) is 23.8 Å². The minimum absolute atomic E-state index is 0.0102. The Balaban J connectivity index is 2.01. The molecule has 1 aromatic rings. The van der Waals surface area contributed by atoms with Crippen LogP contribution in [0.15, 0.2) is 18.2 Å². The molecule has 19 heavy (non-hydrogen) atoms. The first-order chi connectivity index (χ1) is 9.06. The molecular weight excluding hydrogens is 266 g/mol. The van der Waals surface area contributed by atoms with Crippen LogP contribution in [0.5, 0.6) is 11.5 Å². The van der Waals surface area contributed by atoms with Crippen molar-refractivity contribution in [2.75, 3.05) is 12.4 Å². The zero-order valence-electron chi connectivity index (χ0n) is 10.7. The summed E-state index contributed by atoms with van der Waals surface area (Å²) in [6, 6.07) is 3.94. The van der Waals surface area contributed by atoms with Crippen LogP contribution in [0.1, 0.15) is 36.0 Å². The standard InChI is InChI=1S/C14H18ClNO3/c15-8-14(5-1-2-6-14)9-16-13(19)11-4-3-10(17)7-12(11)18/h3-4,7,17-18H,1-2,5-6,8-9H2,(H,16,19). The summed E-state index contributed by atoms with van der Waals surface area (Å²) in [6.45, 7) is 0.523. The van der Waals surface area contributed by atoms with Gasteiger partial charge in [0, 0.05) is 23.9 Å². The number of carbonyl (C=O) groups is 1. The normalized spacial score (nSPS) is 17.3. The number of phenols is 2. The lowest BCUT2D eigenvalue weighted by molar-refractivity contribution is 0.0932. The molecule has 1 amide bonds. The van der Waals surface area contributed by atoms with E-state index in [1.165, 1.54) is 12.1 Å². The third-order valence-corrected chi connectivity index (χ3v) is 4.36. The van der Waals surface area contributed by atoms with E-state index in [4.69, 9.17) is 11.6 Å². The van der Waals surface area contributed by atoms with E-state index in [1.807, 2.05) is 0 Å². The summed E-state index contributed by atoms with van der Waals surface area (Å²) in [4.78, 5) is 12.0. The number of benzene rings is 1. The molecule has 0 bridgehead atoms. The van der Waals surface area contributed by atoms with Crippen LogP contribution in [0, 0.1) is 5.41 Å². The van der Waals surface area contributed by atoms with Crippen molar-refractivity contribution in [2.45, 2.75) is 25.7 Å². The van der Waals surface area contributed by atoms with Gasteiger partial charge in [-0.3, -0.25) is 4.79 Å². The van der Waals surface area contributed by atoms with Gasteiger partial charge in [-0.2, -0.15) is 0 Å². The van der Waals surface area contributed by atoms with Crippen LogP contribution in [-0.4, -0.2) is 28.5 Å². The van der Waals surface area contributed by atoms with Gasteiger partial charge in [-0.25, -0.2) is 0 Å². The van der Waals surface area contributed by atoms with Crippen molar-refractivity contribution >= 4 is 17.5 Å². The molecule has 1 fully saturated rings. The van der Waals surface area contributed by atoms with E-state index < -0.39 is 0 Å². The molecule has 104 valence electrons. The molecule has 0 radical (unpaired) electrons. The maximum atomic E-state index is 12.0. The molecule has 5 heteroatoms. The highest BCUT2D eigenvalue weighted by molar-refractivity contribution is 6.18. The summed E-state index contributed by atoms with van der Waals surface area (Å²) in [5.41, 5.74) is 0.157. The average molecular weight is 284 g/mol. The number of hydrogen-bond acceptors (Lipinski definition) is 3. The van der Waals surface area contributed by atoms with Crippen molar-refractivity contribution in [3.63, 3.8) is 0 Å². The first-order valence-corrected chi connectivity index (χ1v) is 6.96. The first kappa shape index (κ1) is 14.0. The Bertz CT molecular complexity index is 470. The number of nitrogens with one attached hydrogen (secondary N) is 1. The SMILES string of the molecule is O=C(NCC1(CCl)CCCC1)c1ccc(O)cc1O. The number of hydrogen-bond donors (Lipinski definition) is 3. The molecule has 1 saturated carbocycles. The summed E-state index contributed by atoms with van der Waals surface area (Å²) in [5, 5.41) is 21.6. The molecule has 0 spiro atoms. The molecule has 0 aromatic heterocycles. The Hall–Kier alpha value is -1.42. The molecule has 3 N–H and O–H groups in total. The predicted molar refractivity (Wildman–Crippen MR) is 73.7 cm³/mol. The fraction of sp³-hybridized carbons (Fsp3) is 0.500. The van der Waals surface area contributed by atoms with Gasteiger partial charge in [-0.1, -0.05) is 12.8 Å². The number of halogens is 1. The number of alkyl halides is 1. The van der Waals surface area contributed by atoms with Gasteiger partial charge in [-0.15, -0.1) is 11.6 Å². The number of phenolic OH excluding ortho intramolecular Hbond substituents is 2. The van der Waals surface area contributed by atoms with Gasteiger partial charge in [0.15, 0.2) is 0 Å². The molecule has 0 aliphatic heterocycles. The van der Waals surface area contributed by atoms with Gasteiger partial charge >= 0.3 is 0 Å². The molecule has 1 aliphatic rings. The number of rotatable bonds is 4. The number of carbonyl (C=O) groups excluding carboxylic acids is 1. The summed E-state index contributed by atoms with van der Waals surface area (Å²) >= 11 is 6.01. The summed E-state index contributed by atoms with van der Waals surface area (Å²) in [7, 11) is 0. The summed E-state index contributed by atoms with van der Waals surface area (Å²) < 4.78 is 0. The molecule has 0 unspecified atom stereocenters. The predicted octanol–water partition coefficient (Wildman–Crippen LogP) is 2.63.